The minimum Gasteiger partial charge on any atom is -0.467 e. The summed E-state index contributed by atoms with van der Waals surface area (Å²) < 4.78 is 5.42. The number of nitrogens with zero attached hydrogens (tertiary/aromatic N) is 1. The zero-order valence-corrected chi connectivity index (χ0v) is 12.1. The van der Waals surface area contributed by atoms with E-state index < -0.39 is 0 Å². The van der Waals surface area contributed by atoms with Crippen LogP contribution in [0.25, 0.3) is 0 Å². The minimum absolute atomic E-state index is 0.0571. The zero-order chi connectivity index (χ0) is 14.5. The van der Waals surface area contributed by atoms with Gasteiger partial charge in [-0.15, -0.1) is 0 Å². The molecule has 0 aliphatic rings. The Morgan fingerprint density at radius 3 is 2.70 bits per heavy atom. The molecule has 0 radical (unpaired) electrons. The van der Waals surface area contributed by atoms with Crippen molar-refractivity contribution >= 4 is 11.6 Å². The van der Waals surface area contributed by atoms with E-state index in [2.05, 4.69) is 5.32 Å². The third-order valence-electron chi connectivity index (χ3n) is 3.37. The number of furan rings is 1. The van der Waals surface area contributed by atoms with E-state index in [0.717, 1.165) is 22.6 Å². The maximum absolute atomic E-state index is 11.3. The number of nitrogens with one attached hydrogen (secondary N) is 1. The topological polar surface area (TPSA) is 45.5 Å². The maximum Gasteiger partial charge on any atom is 0.219 e. The summed E-state index contributed by atoms with van der Waals surface area (Å²) in [6, 6.07) is 9.95. The monoisotopic (exact) mass is 272 g/mol. The van der Waals surface area contributed by atoms with Crippen molar-refractivity contribution in [1.82, 2.24) is 4.90 Å². The lowest BCUT2D eigenvalue weighted by molar-refractivity contribution is -0.128. The van der Waals surface area contributed by atoms with Gasteiger partial charge in [0.1, 0.15) is 5.76 Å². The van der Waals surface area contributed by atoms with Gasteiger partial charge in [-0.25, -0.2) is 0 Å². The van der Waals surface area contributed by atoms with Gasteiger partial charge in [0, 0.05) is 26.2 Å². The van der Waals surface area contributed by atoms with Gasteiger partial charge < -0.3 is 14.6 Å². The number of aryl methyl sites for hydroxylation is 1. The van der Waals surface area contributed by atoms with Crippen LogP contribution in [0, 0.1) is 6.92 Å². The van der Waals surface area contributed by atoms with E-state index in [1.54, 1.807) is 25.1 Å². The summed E-state index contributed by atoms with van der Waals surface area (Å²) in [5.41, 5.74) is 3.25. The SMILES string of the molecule is CC(=O)N(C)Cc1ccccc1NCc1occc1C. The van der Waals surface area contributed by atoms with Crippen molar-refractivity contribution in [1.29, 1.82) is 0 Å². The van der Waals surface area contributed by atoms with Gasteiger partial charge in [-0.05, 0) is 30.2 Å². The molecule has 106 valence electrons. The molecule has 0 saturated carbocycles. The maximum atomic E-state index is 11.3. The fraction of sp³-hybridized carbons (Fsp3) is 0.312. The van der Waals surface area contributed by atoms with Crippen LogP contribution >= 0.6 is 0 Å². The average Bonchev–Trinajstić information content (AvgIpc) is 2.83. The molecular formula is C16H20N2O2. The van der Waals surface area contributed by atoms with Crippen molar-refractivity contribution in [2.45, 2.75) is 26.9 Å². The predicted molar refractivity (Wildman–Crippen MR) is 79.4 cm³/mol. The lowest BCUT2D eigenvalue weighted by Crippen LogP contribution is -2.23. The standard InChI is InChI=1S/C16H20N2O2/c1-12-8-9-20-16(12)10-17-15-7-5-4-6-14(15)11-18(3)13(2)19/h4-9,17H,10-11H2,1-3H3. The van der Waals surface area contributed by atoms with Crippen LogP contribution in [0.15, 0.2) is 41.0 Å². The number of hydrogen-bond donors (Lipinski definition) is 1. The first kappa shape index (κ1) is 14.2. The summed E-state index contributed by atoms with van der Waals surface area (Å²) in [5.74, 6) is 0.987. The molecule has 20 heavy (non-hydrogen) atoms. The molecule has 1 heterocycles. The van der Waals surface area contributed by atoms with Crippen LogP contribution in [0.1, 0.15) is 23.8 Å². The fourth-order valence-electron chi connectivity index (χ4n) is 1.96. The number of para-hydroxylation sites is 1. The Kier molecular flexibility index (Phi) is 4.45. The van der Waals surface area contributed by atoms with Crippen LogP contribution in [0.5, 0.6) is 0 Å². The van der Waals surface area contributed by atoms with Crippen molar-refractivity contribution in [2.24, 2.45) is 0 Å². The molecule has 0 fully saturated rings. The van der Waals surface area contributed by atoms with Crippen LogP contribution in [-0.4, -0.2) is 17.9 Å². The normalized spacial score (nSPS) is 10.3. The number of amides is 1. The quantitative estimate of drug-likeness (QED) is 0.909. The number of benzene rings is 1. The second kappa shape index (κ2) is 6.28. The van der Waals surface area contributed by atoms with Gasteiger partial charge in [0.15, 0.2) is 0 Å². The summed E-state index contributed by atoms with van der Waals surface area (Å²) in [6.07, 6.45) is 1.70. The van der Waals surface area contributed by atoms with E-state index in [-0.39, 0.29) is 5.91 Å². The van der Waals surface area contributed by atoms with E-state index in [9.17, 15) is 4.79 Å². The summed E-state index contributed by atoms with van der Waals surface area (Å²) >= 11 is 0. The zero-order valence-electron chi connectivity index (χ0n) is 12.1. The van der Waals surface area contributed by atoms with E-state index in [1.807, 2.05) is 37.3 Å². The number of carbonyl (C=O) groups excluding carboxylic acids is 1. The second-order valence-corrected chi connectivity index (χ2v) is 4.91. The highest BCUT2D eigenvalue weighted by Crippen LogP contribution is 2.19. The van der Waals surface area contributed by atoms with Crippen LogP contribution in [-0.2, 0) is 17.9 Å². The molecule has 0 bridgehead atoms. The Morgan fingerprint density at radius 1 is 1.30 bits per heavy atom. The fourth-order valence-corrected chi connectivity index (χ4v) is 1.96. The van der Waals surface area contributed by atoms with E-state index in [1.165, 1.54) is 0 Å². The van der Waals surface area contributed by atoms with Crippen LogP contribution < -0.4 is 5.32 Å². The second-order valence-electron chi connectivity index (χ2n) is 4.91. The molecule has 1 N–H and O–H groups in total. The van der Waals surface area contributed by atoms with Crippen molar-refractivity contribution in [2.75, 3.05) is 12.4 Å². The molecule has 2 aromatic rings. The van der Waals surface area contributed by atoms with Gasteiger partial charge in [0.25, 0.3) is 0 Å². The molecule has 1 amide bonds. The Bertz CT molecular complexity index is 590. The van der Waals surface area contributed by atoms with Crippen molar-refractivity contribution < 1.29 is 9.21 Å². The van der Waals surface area contributed by atoms with Crippen LogP contribution in [0.4, 0.5) is 5.69 Å². The molecule has 4 heteroatoms. The highest BCUT2D eigenvalue weighted by molar-refractivity contribution is 5.73. The molecule has 0 saturated heterocycles. The highest BCUT2D eigenvalue weighted by atomic mass is 16.3. The highest BCUT2D eigenvalue weighted by Gasteiger charge is 2.08. The molecule has 0 atom stereocenters. The molecule has 4 nitrogen and oxygen atoms in total. The summed E-state index contributed by atoms with van der Waals surface area (Å²) in [7, 11) is 1.80. The number of rotatable bonds is 5. The summed E-state index contributed by atoms with van der Waals surface area (Å²) in [6.45, 7) is 4.83. The van der Waals surface area contributed by atoms with E-state index in [0.29, 0.717) is 13.1 Å². The molecule has 0 aliphatic carbocycles. The first-order chi connectivity index (χ1) is 9.58. The van der Waals surface area contributed by atoms with E-state index >= 15 is 0 Å². The van der Waals surface area contributed by atoms with Gasteiger partial charge in [-0.2, -0.15) is 0 Å². The first-order valence-corrected chi connectivity index (χ1v) is 6.64. The van der Waals surface area contributed by atoms with E-state index in [4.69, 9.17) is 4.42 Å². The third kappa shape index (κ3) is 3.41. The van der Waals surface area contributed by atoms with Gasteiger partial charge in [0.2, 0.25) is 5.91 Å². The van der Waals surface area contributed by atoms with Crippen molar-refractivity contribution in [3.63, 3.8) is 0 Å². The summed E-state index contributed by atoms with van der Waals surface area (Å²) in [4.78, 5) is 13.0. The minimum atomic E-state index is 0.0571. The molecule has 1 aromatic carbocycles. The molecule has 0 unspecified atom stereocenters. The Hall–Kier alpha value is -2.23. The Labute approximate surface area is 119 Å². The summed E-state index contributed by atoms with van der Waals surface area (Å²) in [5, 5.41) is 3.37. The molecule has 2 rings (SSSR count). The van der Waals surface area contributed by atoms with Crippen LogP contribution in [0.3, 0.4) is 0 Å². The number of hydrogen-bond acceptors (Lipinski definition) is 3. The Morgan fingerprint density at radius 2 is 2.05 bits per heavy atom. The number of anilines is 1. The largest absolute Gasteiger partial charge is 0.467 e. The van der Waals surface area contributed by atoms with Gasteiger partial charge in [0.05, 0.1) is 12.8 Å². The van der Waals surface area contributed by atoms with Gasteiger partial charge in [-0.1, -0.05) is 18.2 Å². The smallest absolute Gasteiger partial charge is 0.219 e. The average molecular weight is 272 g/mol. The lowest BCUT2D eigenvalue weighted by Gasteiger charge is -2.18. The van der Waals surface area contributed by atoms with Crippen molar-refractivity contribution in [3.05, 3.63) is 53.5 Å². The van der Waals surface area contributed by atoms with Gasteiger partial charge >= 0.3 is 0 Å². The predicted octanol–water partition coefficient (Wildman–Crippen LogP) is 3.18. The van der Waals surface area contributed by atoms with Crippen LogP contribution in [0.2, 0.25) is 0 Å². The number of carbonyl (C=O) groups is 1. The Balaban J connectivity index is 2.08. The van der Waals surface area contributed by atoms with Gasteiger partial charge in [-0.3, -0.25) is 4.79 Å². The lowest BCUT2D eigenvalue weighted by atomic mass is 10.1. The first-order valence-electron chi connectivity index (χ1n) is 6.64. The third-order valence-corrected chi connectivity index (χ3v) is 3.37. The molecular weight excluding hydrogens is 252 g/mol. The molecule has 0 spiro atoms. The molecule has 1 aromatic heterocycles. The molecule has 0 aliphatic heterocycles. The van der Waals surface area contributed by atoms with Crippen molar-refractivity contribution in [3.8, 4) is 0 Å².